The first kappa shape index (κ1) is 13.5. The largest absolute Gasteiger partial charge is 0.0888 e. The highest BCUT2D eigenvalue weighted by atomic mass is 13.9. The van der Waals surface area contributed by atoms with Crippen molar-refractivity contribution in [3.8, 4) is 0 Å². The lowest BCUT2D eigenvalue weighted by atomic mass is 10.1. The Hall–Kier alpha value is -0.520. The zero-order valence-corrected chi connectivity index (χ0v) is 9.97. The monoisotopic (exact) mass is 194 g/mol. The smallest absolute Gasteiger partial charge is 0.0351 e. The molecule has 0 aromatic carbocycles. The summed E-state index contributed by atoms with van der Waals surface area (Å²) < 4.78 is 0. The summed E-state index contributed by atoms with van der Waals surface area (Å²) in [5.41, 5.74) is 0. The average molecular weight is 194 g/mol. The Morgan fingerprint density at radius 2 is 1.00 bits per heavy atom. The van der Waals surface area contributed by atoms with E-state index in [1.807, 2.05) is 0 Å². The molecule has 0 saturated heterocycles. The van der Waals surface area contributed by atoms with E-state index in [9.17, 15) is 0 Å². The van der Waals surface area contributed by atoms with Crippen LogP contribution in [0.2, 0.25) is 0 Å². The number of allylic oxidation sites excluding steroid dienone is 4. The average Bonchev–Trinajstić information content (AvgIpc) is 2.21. The van der Waals surface area contributed by atoms with Crippen molar-refractivity contribution in [2.24, 2.45) is 0 Å². The van der Waals surface area contributed by atoms with Crippen molar-refractivity contribution >= 4 is 0 Å². The minimum atomic E-state index is 1.18. The molecule has 14 heavy (non-hydrogen) atoms. The maximum atomic E-state index is 2.32. The van der Waals surface area contributed by atoms with Gasteiger partial charge in [0.25, 0.3) is 0 Å². The predicted octanol–water partition coefficient (Wildman–Crippen LogP) is 5.26. The van der Waals surface area contributed by atoms with E-state index in [0.29, 0.717) is 0 Å². The molecule has 0 rings (SSSR count). The number of unbranched alkanes of at least 4 members (excludes halogenated alkanes) is 5. The van der Waals surface area contributed by atoms with Crippen molar-refractivity contribution in [2.75, 3.05) is 0 Å². The van der Waals surface area contributed by atoms with Crippen LogP contribution in [0.1, 0.15) is 65.2 Å². The van der Waals surface area contributed by atoms with Crippen LogP contribution in [0.3, 0.4) is 0 Å². The summed E-state index contributed by atoms with van der Waals surface area (Å²) >= 11 is 0. The fourth-order valence-corrected chi connectivity index (χ4v) is 1.45. The minimum Gasteiger partial charge on any atom is -0.0888 e. The quantitative estimate of drug-likeness (QED) is 0.347. The number of hydrogen-bond acceptors (Lipinski definition) is 0. The van der Waals surface area contributed by atoms with Gasteiger partial charge in [-0.25, -0.2) is 0 Å². The summed E-state index contributed by atoms with van der Waals surface area (Å²) in [6.45, 7) is 4.38. The SMILES string of the molecule is CCC=CCCCCCCC=CCC. The molecule has 0 fully saturated rings. The third kappa shape index (κ3) is 11.5. The molecule has 82 valence electrons. The molecule has 0 saturated carbocycles. The first-order chi connectivity index (χ1) is 6.91. The van der Waals surface area contributed by atoms with E-state index < -0.39 is 0 Å². The Kier molecular flexibility index (Phi) is 12.0. The lowest BCUT2D eigenvalue weighted by Crippen LogP contribution is -1.76. The van der Waals surface area contributed by atoms with Crippen molar-refractivity contribution in [1.29, 1.82) is 0 Å². The molecule has 0 bridgehead atoms. The van der Waals surface area contributed by atoms with Gasteiger partial charge in [0.1, 0.15) is 0 Å². The minimum absolute atomic E-state index is 1.18. The lowest BCUT2D eigenvalue weighted by Gasteiger charge is -1.96. The second-order valence-corrected chi connectivity index (χ2v) is 3.75. The maximum Gasteiger partial charge on any atom is -0.0351 e. The molecule has 0 nitrogen and oxygen atoms in total. The first-order valence-corrected chi connectivity index (χ1v) is 6.21. The molecule has 0 aliphatic heterocycles. The third-order valence-corrected chi connectivity index (χ3v) is 2.30. The Morgan fingerprint density at radius 1 is 0.571 bits per heavy atom. The molecule has 0 aliphatic rings. The summed E-state index contributed by atoms with van der Waals surface area (Å²) in [4.78, 5) is 0. The molecule has 0 aromatic heterocycles. The summed E-state index contributed by atoms with van der Waals surface area (Å²) in [6.07, 6.45) is 19.6. The molecule has 0 aliphatic carbocycles. The molecule has 0 heteroatoms. The van der Waals surface area contributed by atoms with Crippen molar-refractivity contribution in [3.05, 3.63) is 24.3 Å². The van der Waals surface area contributed by atoms with Crippen molar-refractivity contribution < 1.29 is 0 Å². The second kappa shape index (κ2) is 12.5. The zero-order valence-electron chi connectivity index (χ0n) is 9.97. The second-order valence-electron chi connectivity index (χ2n) is 3.75. The molecule has 0 heterocycles. The number of rotatable bonds is 9. The van der Waals surface area contributed by atoms with Crippen molar-refractivity contribution in [3.63, 3.8) is 0 Å². The Morgan fingerprint density at radius 3 is 1.36 bits per heavy atom. The molecular weight excluding hydrogens is 168 g/mol. The predicted molar refractivity (Wildman–Crippen MR) is 66.6 cm³/mol. The van der Waals surface area contributed by atoms with Gasteiger partial charge in [0.2, 0.25) is 0 Å². The zero-order chi connectivity index (χ0) is 10.5. The molecule has 0 radical (unpaired) electrons. The molecule has 0 aromatic rings. The van der Waals surface area contributed by atoms with Gasteiger partial charge in [0, 0.05) is 0 Å². The van der Waals surface area contributed by atoms with E-state index in [0.717, 1.165) is 0 Å². The van der Waals surface area contributed by atoms with Gasteiger partial charge in [-0.1, -0.05) is 51.0 Å². The van der Waals surface area contributed by atoms with E-state index in [1.165, 1.54) is 51.4 Å². The fraction of sp³-hybridized carbons (Fsp3) is 0.714. The molecule has 0 unspecified atom stereocenters. The van der Waals surface area contributed by atoms with E-state index in [2.05, 4.69) is 38.2 Å². The topological polar surface area (TPSA) is 0 Å². The van der Waals surface area contributed by atoms with Crippen molar-refractivity contribution in [2.45, 2.75) is 65.2 Å². The molecular formula is C14H26. The van der Waals surface area contributed by atoms with Crippen LogP contribution in [0.5, 0.6) is 0 Å². The fourth-order valence-electron chi connectivity index (χ4n) is 1.45. The van der Waals surface area contributed by atoms with E-state index in [1.54, 1.807) is 0 Å². The van der Waals surface area contributed by atoms with Gasteiger partial charge in [-0.2, -0.15) is 0 Å². The summed E-state index contributed by atoms with van der Waals surface area (Å²) in [5, 5.41) is 0. The van der Waals surface area contributed by atoms with Crippen molar-refractivity contribution in [1.82, 2.24) is 0 Å². The molecule has 0 atom stereocenters. The van der Waals surface area contributed by atoms with E-state index in [4.69, 9.17) is 0 Å². The Labute approximate surface area is 90.1 Å². The van der Waals surface area contributed by atoms with Crippen LogP contribution in [-0.4, -0.2) is 0 Å². The van der Waals surface area contributed by atoms with Crippen LogP contribution in [0.4, 0.5) is 0 Å². The van der Waals surface area contributed by atoms with Crippen LogP contribution < -0.4 is 0 Å². The highest BCUT2D eigenvalue weighted by Crippen LogP contribution is 2.06. The highest BCUT2D eigenvalue weighted by Gasteiger charge is 1.86. The van der Waals surface area contributed by atoms with Gasteiger partial charge in [-0.05, 0) is 38.5 Å². The summed E-state index contributed by atoms with van der Waals surface area (Å²) in [5.74, 6) is 0. The van der Waals surface area contributed by atoms with Crippen LogP contribution in [0.15, 0.2) is 24.3 Å². The van der Waals surface area contributed by atoms with Gasteiger partial charge in [0.15, 0.2) is 0 Å². The van der Waals surface area contributed by atoms with Crippen LogP contribution >= 0.6 is 0 Å². The maximum absolute atomic E-state index is 2.32. The van der Waals surface area contributed by atoms with Crippen LogP contribution in [0, 0.1) is 0 Å². The van der Waals surface area contributed by atoms with Gasteiger partial charge in [-0.15, -0.1) is 0 Å². The van der Waals surface area contributed by atoms with Crippen LogP contribution in [0.25, 0.3) is 0 Å². The van der Waals surface area contributed by atoms with Crippen LogP contribution in [-0.2, 0) is 0 Å². The normalized spacial score (nSPS) is 11.9. The lowest BCUT2D eigenvalue weighted by molar-refractivity contribution is 0.651. The summed E-state index contributed by atoms with van der Waals surface area (Å²) in [7, 11) is 0. The number of hydrogen-bond donors (Lipinski definition) is 0. The third-order valence-electron chi connectivity index (χ3n) is 2.30. The Balaban J connectivity index is 2.99. The van der Waals surface area contributed by atoms with E-state index in [-0.39, 0.29) is 0 Å². The standard InChI is InChI=1S/C14H26/c1-3-5-7-9-11-13-14-12-10-8-6-4-2/h5-8H,3-4,9-14H2,1-2H3. The molecule has 0 spiro atoms. The van der Waals surface area contributed by atoms with Gasteiger partial charge >= 0.3 is 0 Å². The molecule has 0 N–H and O–H groups in total. The highest BCUT2D eigenvalue weighted by molar-refractivity contribution is 4.80. The van der Waals surface area contributed by atoms with Gasteiger partial charge in [-0.3, -0.25) is 0 Å². The first-order valence-electron chi connectivity index (χ1n) is 6.21. The van der Waals surface area contributed by atoms with E-state index >= 15 is 0 Å². The van der Waals surface area contributed by atoms with Gasteiger partial charge in [0.05, 0.1) is 0 Å². The van der Waals surface area contributed by atoms with Gasteiger partial charge < -0.3 is 0 Å². The molecule has 0 amide bonds. The summed E-state index contributed by atoms with van der Waals surface area (Å²) in [6, 6.07) is 0. The Bertz CT molecular complexity index is 124.